The van der Waals surface area contributed by atoms with Gasteiger partial charge in [-0.3, -0.25) is 10.1 Å². The Morgan fingerprint density at radius 2 is 2.38 bits per heavy atom. The van der Waals surface area contributed by atoms with Gasteiger partial charge in [0.2, 0.25) is 6.20 Å². The lowest BCUT2D eigenvalue weighted by molar-refractivity contribution is -0.404. The number of fused-ring (bicyclic) bond motifs is 2. The summed E-state index contributed by atoms with van der Waals surface area (Å²) in [5.41, 5.74) is 1.01. The summed E-state index contributed by atoms with van der Waals surface area (Å²) in [4.78, 5) is 10.0. The Hall–Kier alpha value is -0.900. The predicted molar refractivity (Wildman–Crippen MR) is 46.7 cm³/mol. The van der Waals surface area contributed by atoms with E-state index in [0.717, 1.165) is 24.8 Å². The van der Waals surface area contributed by atoms with E-state index >= 15 is 0 Å². The van der Waals surface area contributed by atoms with E-state index in [-0.39, 0.29) is 11.0 Å². The van der Waals surface area contributed by atoms with Crippen LogP contribution in [0.3, 0.4) is 0 Å². The van der Waals surface area contributed by atoms with E-state index in [2.05, 4.69) is 0 Å². The molecule has 2 bridgehead atoms. The van der Waals surface area contributed by atoms with Gasteiger partial charge in [0.15, 0.2) is 0 Å². The summed E-state index contributed by atoms with van der Waals surface area (Å²) < 4.78 is 5.29. The molecule has 0 saturated heterocycles. The first-order valence-electron chi connectivity index (χ1n) is 4.60. The lowest BCUT2D eigenvalue weighted by atomic mass is 9.98. The van der Waals surface area contributed by atoms with Crippen molar-refractivity contribution in [2.24, 2.45) is 11.8 Å². The molecule has 3 atom stereocenters. The molecule has 0 radical (unpaired) electrons. The zero-order chi connectivity index (χ0) is 9.42. The third-order valence-corrected chi connectivity index (χ3v) is 3.25. The van der Waals surface area contributed by atoms with Crippen LogP contribution in [0.4, 0.5) is 0 Å². The molecule has 2 aliphatic carbocycles. The standard InChI is InChI=1S/C9H13NO3/c1-13-9-4-6-2-3-7(9)8(6)5-10(11)12/h5-7,9H,2-4H2,1H3/t6-,7-,9-/m1/s1. The molecule has 0 aromatic rings. The zero-order valence-corrected chi connectivity index (χ0v) is 7.60. The number of hydrogen-bond acceptors (Lipinski definition) is 3. The topological polar surface area (TPSA) is 52.4 Å². The lowest BCUT2D eigenvalue weighted by Gasteiger charge is -2.18. The number of hydrogen-bond donors (Lipinski definition) is 0. The first-order chi connectivity index (χ1) is 6.22. The van der Waals surface area contributed by atoms with Gasteiger partial charge >= 0.3 is 0 Å². The van der Waals surface area contributed by atoms with Gasteiger partial charge in [-0.2, -0.15) is 0 Å². The van der Waals surface area contributed by atoms with E-state index in [9.17, 15) is 10.1 Å². The monoisotopic (exact) mass is 183 g/mol. The number of nitro groups is 1. The van der Waals surface area contributed by atoms with Crippen LogP contribution in [0.1, 0.15) is 19.3 Å². The van der Waals surface area contributed by atoms with Crippen molar-refractivity contribution in [3.63, 3.8) is 0 Å². The molecule has 0 aromatic heterocycles. The summed E-state index contributed by atoms with van der Waals surface area (Å²) in [5, 5.41) is 10.4. The highest BCUT2D eigenvalue weighted by atomic mass is 16.6. The minimum absolute atomic E-state index is 0.227. The lowest BCUT2D eigenvalue weighted by Crippen LogP contribution is -2.18. The molecule has 0 aliphatic heterocycles. The first-order valence-corrected chi connectivity index (χ1v) is 4.60. The van der Waals surface area contributed by atoms with Crippen molar-refractivity contribution in [3.8, 4) is 0 Å². The Kier molecular flexibility index (Phi) is 2.07. The average Bonchev–Trinajstić information content (AvgIpc) is 2.61. The molecule has 4 nitrogen and oxygen atoms in total. The van der Waals surface area contributed by atoms with Crippen LogP contribution in [0.2, 0.25) is 0 Å². The van der Waals surface area contributed by atoms with Crippen LogP contribution >= 0.6 is 0 Å². The molecule has 0 N–H and O–H groups in total. The minimum Gasteiger partial charge on any atom is -0.381 e. The highest BCUT2D eigenvalue weighted by molar-refractivity contribution is 5.21. The molecular weight excluding hydrogens is 170 g/mol. The Morgan fingerprint density at radius 3 is 2.92 bits per heavy atom. The van der Waals surface area contributed by atoms with Crippen LogP contribution in [0.25, 0.3) is 0 Å². The Balaban J connectivity index is 2.19. The fourth-order valence-electron chi connectivity index (χ4n) is 2.70. The molecule has 4 heteroatoms. The molecular formula is C9H13NO3. The largest absolute Gasteiger partial charge is 0.381 e. The van der Waals surface area contributed by atoms with Crippen molar-refractivity contribution < 1.29 is 9.66 Å². The van der Waals surface area contributed by atoms with E-state index in [0.29, 0.717) is 11.8 Å². The van der Waals surface area contributed by atoms with Crippen molar-refractivity contribution in [1.82, 2.24) is 0 Å². The maximum atomic E-state index is 10.4. The fourth-order valence-corrected chi connectivity index (χ4v) is 2.70. The quantitative estimate of drug-likeness (QED) is 0.482. The van der Waals surface area contributed by atoms with E-state index in [4.69, 9.17) is 4.74 Å². The molecule has 0 unspecified atom stereocenters. The molecule has 2 rings (SSSR count). The van der Waals surface area contributed by atoms with Crippen LogP contribution in [0, 0.1) is 22.0 Å². The van der Waals surface area contributed by atoms with E-state index < -0.39 is 0 Å². The molecule has 72 valence electrons. The van der Waals surface area contributed by atoms with Crippen LogP contribution in [-0.2, 0) is 4.74 Å². The molecule has 2 fully saturated rings. The van der Waals surface area contributed by atoms with Gasteiger partial charge in [0.05, 0.1) is 11.0 Å². The maximum absolute atomic E-state index is 10.4. The van der Waals surface area contributed by atoms with Gasteiger partial charge in [0.25, 0.3) is 0 Å². The fraction of sp³-hybridized carbons (Fsp3) is 0.778. The van der Waals surface area contributed by atoms with E-state index in [1.54, 1.807) is 7.11 Å². The molecule has 2 aliphatic rings. The third kappa shape index (κ3) is 1.35. The van der Waals surface area contributed by atoms with Crippen LogP contribution < -0.4 is 0 Å². The van der Waals surface area contributed by atoms with E-state index in [1.165, 1.54) is 6.20 Å². The van der Waals surface area contributed by atoms with Crippen molar-refractivity contribution in [2.75, 3.05) is 7.11 Å². The van der Waals surface area contributed by atoms with Crippen LogP contribution in [0.5, 0.6) is 0 Å². The van der Waals surface area contributed by atoms with Crippen molar-refractivity contribution in [2.45, 2.75) is 25.4 Å². The van der Waals surface area contributed by atoms with Crippen LogP contribution in [0.15, 0.2) is 11.8 Å². The van der Waals surface area contributed by atoms with Crippen LogP contribution in [-0.4, -0.2) is 18.1 Å². The van der Waals surface area contributed by atoms with Crippen molar-refractivity contribution in [3.05, 3.63) is 21.9 Å². The predicted octanol–water partition coefficient (Wildman–Crippen LogP) is 1.59. The Morgan fingerprint density at radius 1 is 1.62 bits per heavy atom. The molecule has 13 heavy (non-hydrogen) atoms. The number of rotatable bonds is 2. The second kappa shape index (κ2) is 3.10. The maximum Gasteiger partial charge on any atom is 0.234 e. The summed E-state index contributed by atoms with van der Waals surface area (Å²) in [7, 11) is 1.69. The SMILES string of the molecule is CO[C@@H]1C[C@H]2CC[C@@H]1C2=C[N+](=O)[O-]. The number of methoxy groups -OCH3 is 1. The summed E-state index contributed by atoms with van der Waals surface area (Å²) in [6, 6.07) is 0. The summed E-state index contributed by atoms with van der Waals surface area (Å²) in [6.45, 7) is 0. The zero-order valence-electron chi connectivity index (χ0n) is 7.60. The van der Waals surface area contributed by atoms with Gasteiger partial charge in [0, 0.05) is 18.6 Å². The second-order valence-electron chi connectivity index (χ2n) is 3.81. The molecule has 0 aromatic carbocycles. The van der Waals surface area contributed by atoms with Gasteiger partial charge in [-0.1, -0.05) is 0 Å². The smallest absolute Gasteiger partial charge is 0.234 e. The molecule has 0 spiro atoms. The van der Waals surface area contributed by atoms with E-state index in [1.807, 2.05) is 0 Å². The van der Waals surface area contributed by atoms with Gasteiger partial charge in [0.1, 0.15) is 0 Å². The molecule has 0 heterocycles. The Bertz CT molecular complexity index is 262. The highest BCUT2D eigenvalue weighted by Gasteiger charge is 2.45. The van der Waals surface area contributed by atoms with Crippen molar-refractivity contribution in [1.29, 1.82) is 0 Å². The van der Waals surface area contributed by atoms with Gasteiger partial charge in [-0.05, 0) is 25.2 Å². The number of nitrogens with zero attached hydrogens (tertiary/aromatic N) is 1. The van der Waals surface area contributed by atoms with Gasteiger partial charge in [-0.25, -0.2) is 0 Å². The number of ether oxygens (including phenoxy) is 1. The molecule has 0 amide bonds. The average molecular weight is 183 g/mol. The normalized spacial score (nSPS) is 40.1. The molecule has 2 saturated carbocycles. The first kappa shape index (κ1) is 8.69. The van der Waals surface area contributed by atoms with Gasteiger partial charge < -0.3 is 4.74 Å². The Labute approximate surface area is 76.7 Å². The highest BCUT2D eigenvalue weighted by Crippen LogP contribution is 2.49. The van der Waals surface area contributed by atoms with Crippen molar-refractivity contribution >= 4 is 0 Å². The summed E-state index contributed by atoms with van der Waals surface area (Å²) >= 11 is 0. The van der Waals surface area contributed by atoms with Gasteiger partial charge in [-0.15, -0.1) is 0 Å². The summed E-state index contributed by atoms with van der Waals surface area (Å²) in [6.07, 6.45) is 4.56. The minimum atomic E-state index is -0.335. The second-order valence-corrected chi connectivity index (χ2v) is 3.81. The third-order valence-electron chi connectivity index (χ3n) is 3.25. The summed E-state index contributed by atoms with van der Waals surface area (Å²) in [5.74, 6) is 0.737.